The number of H-pyrrole nitrogens is 1. The highest BCUT2D eigenvalue weighted by Gasteiger charge is 2.52. The average Bonchev–Trinajstić information content (AvgIpc) is 2.46. The quantitative estimate of drug-likeness (QED) is 0.639. The van der Waals surface area contributed by atoms with Gasteiger partial charge < -0.3 is 14.3 Å². The van der Waals surface area contributed by atoms with Crippen molar-refractivity contribution < 1.29 is 22.5 Å². The molecule has 1 fully saturated rings. The lowest BCUT2D eigenvalue weighted by Crippen LogP contribution is -2.41. The molecular weight excluding hydrogens is 290 g/mol. The van der Waals surface area contributed by atoms with Crippen molar-refractivity contribution >= 4 is 24.8 Å². The van der Waals surface area contributed by atoms with Crippen LogP contribution >= 0.6 is 12.2 Å². The maximum absolute atomic E-state index is 12.8. The summed E-state index contributed by atoms with van der Waals surface area (Å²) in [6.07, 6.45) is -3.60. The van der Waals surface area contributed by atoms with Crippen LogP contribution in [0.2, 0.25) is 0 Å². The second-order valence-electron chi connectivity index (χ2n) is 5.76. The fourth-order valence-electron chi connectivity index (χ4n) is 1.81. The van der Waals surface area contributed by atoms with E-state index >= 15 is 0 Å². The van der Waals surface area contributed by atoms with E-state index in [0.29, 0.717) is 0 Å². The molecule has 8 heteroatoms. The highest BCUT2D eigenvalue weighted by atomic mass is 32.1. The number of alkyl halides is 3. The molecule has 0 amide bonds. The fourth-order valence-corrected chi connectivity index (χ4v) is 2.02. The summed E-state index contributed by atoms with van der Waals surface area (Å²) in [5, 5.41) is 0. The van der Waals surface area contributed by atoms with Gasteiger partial charge in [-0.25, -0.2) is 0 Å². The van der Waals surface area contributed by atoms with E-state index in [9.17, 15) is 13.2 Å². The van der Waals surface area contributed by atoms with Gasteiger partial charge in [0.05, 0.1) is 16.8 Å². The van der Waals surface area contributed by atoms with E-state index in [1.807, 2.05) is 27.7 Å². The van der Waals surface area contributed by atoms with E-state index < -0.39 is 30.1 Å². The standard InChI is InChI=1S/C12H15BF3NO2S/c1-10(2)11(3,4)19-13(18-10)8-5-7(12(14,15)16)6-17-9(8)20/h5-6H,1-4H3,(H,17,20). The minimum atomic E-state index is -4.45. The summed E-state index contributed by atoms with van der Waals surface area (Å²) in [6, 6.07) is 0.973. The molecule has 2 heterocycles. The van der Waals surface area contributed by atoms with Crippen molar-refractivity contribution in [2.45, 2.75) is 45.1 Å². The number of pyridine rings is 1. The molecule has 0 unspecified atom stereocenters. The Kier molecular flexibility index (Phi) is 3.55. The summed E-state index contributed by atoms with van der Waals surface area (Å²) in [5.41, 5.74) is -1.88. The maximum atomic E-state index is 12.8. The van der Waals surface area contributed by atoms with E-state index in [1.54, 1.807) is 0 Å². The molecule has 0 radical (unpaired) electrons. The predicted octanol–water partition coefficient (Wildman–Crippen LogP) is 3.06. The monoisotopic (exact) mass is 305 g/mol. The van der Waals surface area contributed by atoms with Gasteiger partial charge >= 0.3 is 13.3 Å². The Morgan fingerprint density at radius 3 is 2.10 bits per heavy atom. The predicted molar refractivity (Wildman–Crippen MR) is 72.3 cm³/mol. The van der Waals surface area contributed by atoms with Crippen LogP contribution < -0.4 is 5.46 Å². The first-order valence-corrected chi connectivity index (χ1v) is 6.50. The van der Waals surface area contributed by atoms with Crippen molar-refractivity contribution in [1.82, 2.24) is 4.98 Å². The van der Waals surface area contributed by atoms with Gasteiger partial charge in [-0.2, -0.15) is 13.2 Å². The van der Waals surface area contributed by atoms with Crippen molar-refractivity contribution in [3.8, 4) is 0 Å². The summed E-state index contributed by atoms with van der Waals surface area (Å²) in [5.74, 6) is 0. The van der Waals surface area contributed by atoms with Crippen LogP contribution in [-0.2, 0) is 15.5 Å². The van der Waals surface area contributed by atoms with E-state index in [2.05, 4.69) is 4.98 Å². The Hall–Kier alpha value is -0.855. The van der Waals surface area contributed by atoms with Crippen LogP contribution in [-0.4, -0.2) is 23.3 Å². The molecular formula is C12H15BF3NO2S. The van der Waals surface area contributed by atoms with Gasteiger partial charge in [-0.05, 0) is 33.8 Å². The Morgan fingerprint density at radius 2 is 1.65 bits per heavy atom. The van der Waals surface area contributed by atoms with Crippen LogP contribution in [0.3, 0.4) is 0 Å². The molecule has 1 aliphatic rings. The van der Waals surface area contributed by atoms with Gasteiger partial charge in [0, 0.05) is 11.7 Å². The highest BCUT2D eigenvalue weighted by Crippen LogP contribution is 2.37. The molecule has 1 aromatic rings. The first-order valence-electron chi connectivity index (χ1n) is 6.09. The smallest absolute Gasteiger partial charge is 0.399 e. The number of aromatic nitrogens is 1. The molecule has 0 bridgehead atoms. The molecule has 0 atom stereocenters. The third kappa shape index (κ3) is 2.64. The van der Waals surface area contributed by atoms with Crippen LogP contribution in [0.25, 0.3) is 0 Å². The highest BCUT2D eigenvalue weighted by molar-refractivity contribution is 7.71. The normalized spacial score (nSPS) is 21.2. The summed E-state index contributed by atoms with van der Waals surface area (Å²) in [6.45, 7) is 7.31. The number of aromatic amines is 1. The van der Waals surface area contributed by atoms with Crippen molar-refractivity contribution in [2.24, 2.45) is 0 Å². The number of halogens is 3. The molecule has 110 valence electrons. The Bertz CT molecular complexity index is 567. The van der Waals surface area contributed by atoms with Crippen LogP contribution in [0.1, 0.15) is 33.3 Å². The van der Waals surface area contributed by atoms with Gasteiger partial charge in [0.2, 0.25) is 0 Å². The van der Waals surface area contributed by atoms with Gasteiger partial charge in [0.1, 0.15) is 4.64 Å². The van der Waals surface area contributed by atoms with Gasteiger partial charge in [0.25, 0.3) is 0 Å². The average molecular weight is 305 g/mol. The zero-order chi connectivity index (χ0) is 15.3. The van der Waals surface area contributed by atoms with Crippen LogP contribution in [0.5, 0.6) is 0 Å². The second kappa shape index (κ2) is 4.57. The topological polar surface area (TPSA) is 34.2 Å². The first kappa shape index (κ1) is 15.5. The summed E-state index contributed by atoms with van der Waals surface area (Å²) in [7, 11) is -0.911. The van der Waals surface area contributed by atoms with Gasteiger partial charge in [0.15, 0.2) is 0 Å². The lowest BCUT2D eigenvalue weighted by molar-refractivity contribution is -0.137. The molecule has 1 N–H and O–H groups in total. The summed E-state index contributed by atoms with van der Waals surface area (Å²) < 4.78 is 49.9. The molecule has 1 saturated heterocycles. The first-order chi connectivity index (χ1) is 8.94. The molecule has 3 nitrogen and oxygen atoms in total. The van der Waals surface area contributed by atoms with Crippen molar-refractivity contribution in [2.75, 3.05) is 0 Å². The van der Waals surface area contributed by atoms with Crippen LogP contribution in [0.15, 0.2) is 12.3 Å². The number of hydrogen-bond donors (Lipinski definition) is 1. The van der Waals surface area contributed by atoms with Crippen LogP contribution in [0.4, 0.5) is 13.2 Å². The molecule has 1 aromatic heterocycles. The Morgan fingerprint density at radius 1 is 1.15 bits per heavy atom. The van der Waals surface area contributed by atoms with E-state index in [0.717, 1.165) is 12.3 Å². The number of hydrogen-bond acceptors (Lipinski definition) is 3. The molecule has 1 aliphatic heterocycles. The third-order valence-electron chi connectivity index (χ3n) is 3.77. The fraction of sp³-hybridized carbons (Fsp3) is 0.583. The molecule has 2 rings (SSSR count). The van der Waals surface area contributed by atoms with Gasteiger partial charge in [-0.3, -0.25) is 0 Å². The lowest BCUT2D eigenvalue weighted by Gasteiger charge is -2.32. The van der Waals surface area contributed by atoms with E-state index in [4.69, 9.17) is 21.5 Å². The molecule has 0 aromatic carbocycles. The summed E-state index contributed by atoms with van der Waals surface area (Å²) >= 11 is 5.04. The minimum absolute atomic E-state index is 0.177. The molecule has 0 aliphatic carbocycles. The molecule has 0 saturated carbocycles. The summed E-state index contributed by atoms with van der Waals surface area (Å²) in [4.78, 5) is 2.44. The Balaban J connectivity index is 2.43. The largest absolute Gasteiger partial charge is 0.497 e. The molecule has 20 heavy (non-hydrogen) atoms. The maximum Gasteiger partial charge on any atom is 0.497 e. The third-order valence-corrected chi connectivity index (χ3v) is 4.12. The SMILES string of the molecule is CC1(C)OB(c2cc(C(F)(F)F)c[nH]c2=S)OC1(C)C. The zero-order valence-corrected chi connectivity index (χ0v) is 12.4. The second-order valence-corrected chi connectivity index (χ2v) is 6.17. The lowest BCUT2D eigenvalue weighted by atomic mass is 9.79. The van der Waals surface area contributed by atoms with Crippen molar-refractivity contribution in [3.05, 3.63) is 22.5 Å². The van der Waals surface area contributed by atoms with Crippen LogP contribution in [0, 0.1) is 4.64 Å². The van der Waals surface area contributed by atoms with Gasteiger partial charge in [-0.1, -0.05) is 12.2 Å². The van der Waals surface area contributed by atoms with E-state index in [1.165, 1.54) is 0 Å². The van der Waals surface area contributed by atoms with Crippen molar-refractivity contribution in [1.29, 1.82) is 0 Å². The van der Waals surface area contributed by atoms with Gasteiger partial charge in [-0.15, -0.1) is 0 Å². The molecule has 0 spiro atoms. The van der Waals surface area contributed by atoms with E-state index in [-0.39, 0.29) is 10.1 Å². The number of nitrogens with one attached hydrogen (secondary N) is 1. The zero-order valence-electron chi connectivity index (χ0n) is 11.6. The van der Waals surface area contributed by atoms with Crippen molar-refractivity contribution in [3.63, 3.8) is 0 Å². The Labute approximate surface area is 120 Å². The number of rotatable bonds is 1. The minimum Gasteiger partial charge on any atom is -0.399 e.